The number of nitrogens with zero attached hydrogens (tertiary/aromatic N) is 1. The summed E-state index contributed by atoms with van der Waals surface area (Å²) in [6, 6.07) is 22.5. The third kappa shape index (κ3) is 4.79. The van der Waals surface area contributed by atoms with E-state index in [1.165, 1.54) is 0 Å². The molecule has 4 rings (SSSR count). The molecule has 0 aliphatic heterocycles. The molecule has 32 heavy (non-hydrogen) atoms. The standard InChI is InChI=1S/C24H19ClN4O3/c1-32-18-9-4-6-15(12-18)22-14-20(19-10-2-3-11-21(19)27-22)23(30)28-29-24(31)26-17-8-5-7-16(25)13-17/h2-14H,1H3,(H,28,30)(H2,26,29,31). The minimum Gasteiger partial charge on any atom is -0.497 e. The number of hydrogen-bond acceptors (Lipinski definition) is 4. The van der Waals surface area contributed by atoms with E-state index < -0.39 is 11.9 Å². The number of benzene rings is 3. The molecule has 0 saturated carbocycles. The number of halogens is 1. The Morgan fingerprint density at radius 2 is 1.72 bits per heavy atom. The first-order chi connectivity index (χ1) is 15.5. The summed E-state index contributed by atoms with van der Waals surface area (Å²) in [5.41, 5.74) is 7.73. The summed E-state index contributed by atoms with van der Waals surface area (Å²) in [6.45, 7) is 0. The molecule has 0 bridgehead atoms. The summed E-state index contributed by atoms with van der Waals surface area (Å²) < 4.78 is 5.29. The van der Waals surface area contributed by atoms with Crippen molar-refractivity contribution in [3.05, 3.63) is 89.4 Å². The van der Waals surface area contributed by atoms with E-state index in [0.29, 0.717) is 38.6 Å². The Hall–Kier alpha value is -4.10. The highest BCUT2D eigenvalue weighted by atomic mass is 35.5. The maximum atomic E-state index is 12.9. The molecular formula is C24H19ClN4O3. The van der Waals surface area contributed by atoms with Gasteiger partial charge in [-0.3, -0.25) is 10.2 Å². The van der Waals surface area contributed by atoms with Gasteiger partial charge in [-0.1, -0.05) is 48.0 Å². The minimum absolute atomic E-state index is 0.372. The average molecular weight is 447 g/mol. The normalized spacial score (nSPS) is 10.4. The molecule has 0 unspecified atom stereocenters. The molecule has 1 heterocycles. The first-order valence-corrected chi connectivity index (χ1v) is 10.1. The van der Waals surface area contributed by atoms with Gasteiger partial charge >= 0.3 is 6.03 Å². The molecule has 3 aromatic carbocycles. The van der Waals surface area contributed by atoms with Crippen LogP contribution >= 0.6 is 11.6 Å². The lowest BCUT2D eigenvalue weighted by Crippen LogP contribution is -2.44. The number of ether oxygens (including phenoxy) is 1. The van der Waals surface area contributed by atoms with Crippen molar-refractivity contribution in [2.45, 2.75) is 0 Å². The molecule has 1 aromatic heterocycles. The van der Waals surface area contributed by atoms with Crippen LogP contribution in [0.5, 0.6) is 5.75 Å². The number of amides is 3. The Balaban J connectivity index is 1.58. The second-order valence-electron chi connectivity index (χ2n) is 6.85. The van der Waals surface area contributed by atoms with Gasteiger partial charge in [0.05, 0.1) is 23.9 Å². The number of aromatic nitrogens is 1. The molecule has 7 nitrogen and oxygen atoms in total. The molecule has 0 radical (unpaired) electrons. The van der Waals surface area contributed by atoms with Gasteiger partial charge in [0.15, 0.2) is 0 Å². The zero-order chi connectivity index (χ0) is 22.5. The lowest BCUT2D eigenvalue weighted by atomic mass is 10.0. The maximum absolute atomic E-state index is 12.9. The highest BCUT2D eigenvalue weighted by molar-refractivity contribution is 6.30. The highest BCUT2D eigenvalue weighted by Crippen LogP contribution is 2.27. The van der Waals surface area contributed by atoms with Gasteiger partial charge in [0.2, 0.25) is 0 Å². The number of carbonyl (C=O) groups is 2. The SMILES string of the molecule is COc1cccc(-c2cc(C(=O)NNC(=O)Nc3cccc(Cl)c3)c3ccccc3n2)c1. The predicted octanol–water partition coefficient (Wildman–Crippen LogP) is 5.03. The van der Waals surface area contributed by atoms with Crippen LogP contribution in [0.1, 0.15) is 10.4 Å². The maximum Gasteiger partial charge on any atom is 0.337 e. The van der Waals surface area contributed by atoms with Crippen molar-refractivity contribution in [3.8, 4) is 17.0 Å². The van der Waals surface area contributed by atoms with Crippen molar-refractivity contribution in [2.75, 3.05) is 12.4 Å². The molecule has 0 aliphatic carbocycles. The van der Waals surface area contributed by atoms with E-state index in [1.807, 2.05) is 42.5 Å². The monoisotopic (exact) mass is 446 g/mol. The molecule has 0 spiro atoms. The lowest BCUT2D eigenvalue weighted by Gasteiger charge is -2.12. The highest BCUT2D eigenvalue weighted by Gasteiger charge is 2.15. The van der Waals surface area contributed by atoms with Crippen molar-refractivity contribution < 1.29 is 14.3 Å². The van der Waals surface area contributed by atoms with Gasteiger partial charge in [0, 0.05) is 21.7 Å². The van der Waals surface area contributed by atoms with Crippen LogP contribution in [0.4, 0.5) is 10.5 Å². The Morgan fingerprint density at radius 1 is 0.906 bits per heavy atom. The molecule has 0 saturated heterocycles. The van der Waals surface area contributed by atoms with Gasteiger partial charge in [-0.25, -0.2) is 15.2 Å². The van der Waals surface area contributed by atoms with Crippen molar-refractivity contribution >= 4 is 40.1 Å². The molecule has 160 valence electrons. The Morgan fingerprint density at radius 3 is 2.53 bits per heavy atom. The summed E-state index contributed by atoms with van der Waals surface area (Å²) in [7, 11) is 1.59. The van der Waals surface area contributed by atoms with Gasteiger partial charge in [-0.2, -0.15) is 0 Å². The number of fused-ring (bicyclic) bond motifs is 1. The van der Waals surface area contributed by atoms with Crippen molar-refractivity contribution in [3.63, 3.8) is 0 Å². The molecule has 0 fully saturated rings. The van der Waals surface area contributed by atoms with Crippen LogP contribution in [0.25, 0.3) is 22.2 Å². The molecular weight excluding hydrogens is 428 g/mol. The third-order valence-electron chi connectivity index (χ3n) is 4.70. The van der Waals surface area contributed by atoms with E-state index >= 15 is 0 Å². The minimum atomic E-state index is -0.605. The van der Waals surface area contributed by atoms with Gasteiger partial charge < -0.3 is 10.1 Å². The van der Waals surface area contributed by atoms with Crippen LogP contribution in [-0.2, 0) is 0 Å². The van der Waals surface area contributed by atoms with E-state index in [4.69, 9.17) is 16.3 Å². The fourth-order valence-corrected chi connectivity index (χ4v) is 3.39. The molecule has 4 aromatic rings. The summed E-state index contributed by atoms with van der Waals surface area (Å²) in [5.74, 6) is 0.205. The zero-order valence-corrected chi connectivity index (χ0v) is 17.8. The number of hydrazine groups is 1. The molecule has 3 amide bonds. The van der Waals surface area contributed by atoms with Crippen molar-refractivity contribution in [2.24, 2.45) is 0 Å². The number of carbonyl (C=O) groups excluding carboxylic acids is 2. The van der Waals surface area contributed by atoms with Crippen LogP contribution < -0.4 is 20.9 Å². The predicted molar refractivity (Wildman–Crippen MR) is 125 cm³/mol. The van der Waals surface area contributed by atoms with Gasteiger partial charge in [-0.05, 0) is 42.5 Å². The second-order valence-corrected chi connectivity index (χ2v) is 7.28. The quantitative estimate of drug-likeness (QED) is 0.383. The van der Waals surface area contributed by atoms with Gasteiger partial charge in [0.1, 0.15) is 5.75 Å². The van der Waals surface area contributed by atoms with Crippen LogP contribution in [0.2, 0.25) is 5.02 Å². The largest absolute Gasteiger partial charge is 0.497 e. The number of methoxy groups -OCH3 is 1. The first kappa shape index (κ1) is 21.1. The number of urea groups is 1. The number of para-hydroxylation sites is 1. The average Bonchev–Trinajstić information content (AvgIpc) is 2.82. The third-order valence-corrected chi connectivity index (χ3v) is 4.93. The molecule has 0 atom stereocenters. The summed E-state index contributed by atoms with van der Waals surface area (Å²) in [5, 5.41) is 3.75. The van der Waals surface area contributed by atoms with Gasteiger partial charge in [-0.15, -0.1) is 0 Å². The smallest absolute Gasteiger partial charge is 0.337 e. The fraction of sp³-hybridized carbons (Fsp3) is 0.0417. The number of rotatable bonds is 4. The van der Waals surface area contributed by atoms with Crippen molar-refractivity contribution in [1.29, 1.82) is 0 Å². The van der Waals surface area contributed by atoms with Crippen LogP contribution in [0.15, 0.2) is 78.9 Å². The molecule has 3 N–H and O–H groups in total. The van der Waals surface area contributed by atoms with E-state index in [1.54, 1.807) is 43.5 Å². The number of anilines is 1. The zero-order valence-electron chi connectivity index (χ0n) is 17.1. The lowest BCUT2D eigenvalue weighted by molar-refractivity contribution is 0.0939. The fourth-order valence-electron chi connectivity index (χ4n) is 3.20. The Kier molecular flexibility index (Phi) is 6.19. The van der Waals surface area contributed by atoms with E-state index in [-0.39, 0.29) is 0 Å². The summed E-state index contributed by atoms with van der Waals surface area (Å²) >= 11 is 5.92. The Labute approximate surface area is 189 Å². The molecule has 0 aliphatic rings. The van der Waals surface area contributed by atoms with Crippen LogP contribution in [-0.4, -0.2) is 24.0 Å². The van der Waals surface area contributed by atoms with E-state index in [2.05, 4.69) is 21.2 Å². The first-order valence-electron chi connectivity index (χ1n) is 9.70. The van der Waals surface area contributed by atoms with Crippen molar-refractivity contribution in [1.82, 2.24) is 15.8 Å². The number of hydrogen-bond donors (Lipinski definition) is 3. The van der Waals surface area contributed by atoms with Gasteiger partial charge in [0.25, 0.3) is 5.91 Å². The molecule has 8 heteroatoms. The number of pyridine rings is 1. The van der Waals surface area contributed by atoms with E-state index in [0.717, 1.165) is 5.56 Å². The van der Waals surface area contributed by atoms with E-state index in [9.17, 15) is 9.59 Å². The van der Waals surface area contributed by atoms with Crippen LogP contribution in [0, 0.1) is 0 Å². The summed E-state index contributed by atoms with van der Waals surface area (Å²) in [6.07, 6.45) is 0. The Bertz CT molecular complexity index is 1310. The number of nitrogens with one attached hydrogen (secondary N) is 3. The topological polar surface area (TPSA) is 92.4 Å². The van der Waals surface area contributed by atoms with Crippen LogP contribution in [0.3, 0.4) is 0 Å². The second kappa shape index (κ2) is 9.36. The summed E-state index contributed by atoms with van der Waals surface area (Å²) in [4.78, 5) is 29.8.